The number of rotatable bonds is 3. The van der Waals surface area contributed by atoms with Gasteiger partial charge in [-0.05, 0) is 42.3 Å². The van der Waals surface area contributed by atoms with E-state index in [9.17, 15) is 4.79 Å². The fraction of sp³-hybridized carbons (Fsp3) is 0.167. The summed E-state index contributed by atoms with van der Waals surface area (Å²) in [5.41, 5.74) is 4.21. The molecule has 3 nitrogen and oxygen atoms in total. The van der Waals surface area contributed by atoms with Crippen LogP contribution in [-0.4, -0.2) is 4.98 Å². The summed E-state index contributed by atoms with van der Waals surface area (Å²) in [6, 6.07) is 23.9. The number of aromatic nitrogens is 1. The molecule has 4 rings (SSSR count). The number of benzene rings is 3. The highest BCUT2D eigenvalue weighted by Gasteiger charge is 2.24. The smallest absolute Gasteiger partial charge is 0.347 e. The zero-order valence-corrected chi connectivity index (χ0v) is 15.7. The van der Waals surface area contributed by atoms with Crippen molar-refractivity contribution in [2.24, 2.45) is 0 Å². The van der Waals surface area contributed by atoms with Crippen molar-refractivity contribution in [3.8, 4) is 11.5 Å². The summed E-state index contributed by atoms with van der Waals surface area (Å²) < 4.78 is 5.54. The second-order valence-corrected chi connectivity index (χ2v) is 7.40. The lowest BCUT2D eigenvalue weighted by Crippen LogP contribution is -2.19. The fourth-order valence-electron chi connectivity index (χ4n) is 3.38. The molecular weight excluding hydrogens is 334 g/mol. The Kier molecular flexibility index (Phi) is 4.15. The monoisotopic (exact) mass is 355 g/mol. The van der Waals surface area contributed by atoms with E-state index in [1.807, 2.05) is 67.6 Å². The Morgan fingerprint density at radius 3 is 2.37 bits per heavy atom. The van der Waals surface area contributed by atoms with Gasteiger partial charge in [-0.1, -0.05) is 67.9 Å². The molecule has 0 aliphatic heterocycles. The van der Waals surface area contributed by atoms with E-state index >= 15 is 0 Å². The lowest BCUT2D eigenvalue weighted by atomic mass is 9.78. The Labute approximate surface area is 158 Å². The summed E-state index contributed by atoms with van der Waals surface area (Å²) in [6.45, 7) is 6.31. The summed E-state index contributed by atoms with van der Waals surface area (Å²) in [5, 5.41) is 0.507. The third kappa shape index (κ3) is 3.17. The van der Waals surface area contributed by atoms with Crippen molar-refractivity contribution >= 4 is 10.9 Å². The number of nitrogens with zero attached hydrogens (tertiary/aromatic N) is 1. The normalized spacial score (nSPS) is 11.7. The quantitative estimate of drug-likeness (QED) is 0.488. The van der Waals surface area contributed by atoms with Gasteiger partial charge in [0.1, 0.15) is 0 Å². The van der Waals surface area contributed by atoms with Crippen LogP contribution in [0.25, 0.3) is 22.4 Å². The van der Waals surface area contributed by atoms with Crippen molar-refractivity contribution in [3.05, 3.63) is 99.9 Å². The van der Waals surface area contributed by atoms with Crippen LogP contribution in [0.3, 0.4) is 0 Å². The number of aryl methyl sites for hydroxylation is 1. The van der Waals surface area contributed by atoms with Crippen LogP contribution in [0.15, 0.2) is 82.0 Å². The number of fused-ring (bicyclic) bond motifs is 1. The molecule has 0 aliphatic carbocycles. The van der Waals surface area contributed by atoms with Crippen molar-refractivity contribution in [1.29, 1.82) is 0 Å². The maximum absolute atomic E-state index is 12.7. The summed E-state index contributed by atoms with van der Waals surface area (Å²) in [6.07, 6.45) is 0. The Morgan fingerprint density at radius 2 is 1.63 bits per heavy atom. The van der Waals surface area contributed by atoms with Gasteiger partial charge in [-0.25, -0.2) is 9.78 Å². The Bertz CT molecular complexity index is 1170. The van der Waals surface area contributed by atoms with Gasteiger partial charge >= 0.3 is 5.63 Å². The van der Waals surface area contributed by atoms with Crippen LogP contribution in [0.2, 0.25) is 0 Å². The van der Waals surface area contributed by atoms with Gasteiger partial charge in [0.25, 0.3) is 0 Å². The Hall–Kier alpha value is -3.20. The highest BCUT2D eigenvalue weighted by atomic mass is 16.4. The maximum atomic E-state index is 12.7. The molecule has 3 heteroatoms. The van der Waals surface area contributed by atoms with Gasteiger partial charge in [-0.2, -0.15) is 0 Å². The van der Waals surface area contributed by atoms with Crippen molar-refractivity contribution in [1.82, 2.24) is 4.98 Å². The molecule has 0 aliphatic rings. The van der Waals surface area contributed by atoms with Crippen LogP contribution in [0.4, 0.5) is 0 Å². The zero-order chi connectivity index (χ0) is 19.0. The molecule has 0 amide bonds. The molecule has 0 saturated carbocycles. The molecule has 1 aromatic heterocycles. The zero-order valence-electron chi connectivity index (χ0n) is 15.7. The Morgan fingerprint density at radius 1 is 0.852 bits per heavy atom. The van der Waals surface area contributed by atoms with E-state index < -0.39 is 0 Å². The average molecular weight is 355 g/mol. The van der Waals surface area contributed by atoms with Gasteiger partial charge in [0, 0.05) is 11.0 Å². The third-order valence-electron chi connectivity index (χ3n) is 5.11. The molecule has 0 atom stereocenters. The fourth-order valence-corrected chi connectivity index (χ4v) is 3.38. The molecule has 27 heavy (non-hydrogen) atoms. The minimum atomic E-state index is -0.359. The van der Waals surface area contributed by atoms with E-state index in [2.05, 4.69) is 31.0 Å². The SMILES string of the molecule is Cc1cccc(-c2nc3ccc(C(C)(C)c4ccccc4)cc3c(=O)o2)c1. The minimum absolute atomic E-state index is 0.225. The van der Waals surface area contributed by atoms with Crippen molar-refractivity contribution in [2.75, 3.05) is 0 Å². The summed E-state index contributed by atoms with van der Waals surface area (Å²) in [5.74, 6) is 0.353. The Balaban J connectivity index is 1.84. The molecule has 0 radical (unpaired) electrons. The molecule has 0 fully saturated rings. The van der Waals surface area contributed by atoms with E-state index in [4.69, 9.17) is 4.42 Å². The molecule has 1 heterocycles. The predicted molar refractivity (Wildman–Crippen MR) is 109 cm³/mol. The predicted octanol–water partition coefficient (Wildman–Crippen LogP) is 5.49. The van der Waals surface area contributed by atoms with E-state index in [-0.39, 0.29) is 11.0 Å². The van der Waals surface area contributed by atoms with E-state index in [1.54, 1.807) is 0 Å². The minimum Gasteiger partial charge on any atom is -0.403 e. The van der Waals surface area contributed by atoms with Crippen LogP contribution in [0.5, 0.6) is 0 Å². The third-order valence-corrected chi connectivity index (χ3v) is 5.11. The van der Waals surface area contributed by atoms with Crippen LogP contribution in [-0.2, 0) is 5.41 Å². The lowest BCUT2D eigenvalue weighted by Gasteiger charge is -2.26. The van der Waals surface area contributed by atoms with Gasteiger partial charge in [-0.15, -0.1) is 0 Å². The molecule has 134 valence electrons. The van der Waals surface area contributed by atoms with E-state index in [0.29, 0.717) is 16.8 Å². The molecule has 0 unspecified atom stereocenters. The van der Waals surface area contributed by atoms with Gasteiger partial charge in [0.05, 0.1) is 10.9 Å². The van der Waals surface area contributed by atoms with Gasteiger partial charge in [0.2, 0.25) is 5.89 Å². The highest BCUT2D eigenvalue weighted by Crippen LogP contribution is 2.32. The van der Waals surface area contributed by atoms with Crippen LogP contribution >= 0.6 is 0 Å². The maximum Gasteiger partial charge on any atom is 0.347 e. The largest absolute Gasteiger partial charge is 0.403 e. The highest BCUT2D eigenvalue weighted by molar-refractivity contribution is 5.80. The summed E-state index contributed by atoms with van der Waals surface area (Å²) in [4.78, 5) is 17.2. The van der Waals surface area contributed by atoms with Gasteiger partial charge in [-0.3, -0.25) is 0 Å². The second kappa shape index (κ2) is 6.51. The van der Waals surface area contributed by atoms with Crippen LogP contribution < -0.4 is 5.63 Å². The molecule has 0 bridgehead atoms. The summed E-state index contributed by atoms with van der Waals surface area (Å²) in [7, 11) is 0. The van der Waals surface area contributed by atoms with Crippen LogP contribution in [0, 0.1) is 6.92 Å². The first-order valence-electron chi connectivity index (χ1n) is 9.03. The molecule has 0 saturated heterocycles. The van der Waals surface area contributed by atoms with Gasteiger partial charge < -0.3 is 4.42 Å². The second-order valence-electron chi connectivity index (χ2n) is 7.40. The standard InChI is InChI=1S/C24H21NO2/c1-16-8-7-9-17(14-16)22-25-21-13-12-19(15-20(21)23(26)27-22)24(2,3)18-10-5-4-6-11-18/h4-15H,1-3H3. The van der Waals surface area contributed by atoms with Crippen LogP contribution in [0.1, 0.15) is 30.5 Å². The average Bonchev–Trinajstić information content (AvgIpc) is 2.68. The van der Waals surface area contributed by atoms with Crippen molar-refractivity contribution < 1.29 is 4.42 Å². The lowest BCUT2D eigenvalue weighted by molar-refractivity contribution is 0.518. The first-order chi connectivity index (χ1) is 12.9. The number of hydrogen-bond donors (Lipinski definition) is 0. The van der Waals surface area contributed by atoms with Crippen molar-refractivity contribution in [3.63, 3.8) is 0 Å². The van der Waals surface area contributed by atoms with E-state index in [1.165, 1.54) is 5.56 Å². The molecule has 0 spiro atoms. The first-order valence-corrected chi connectivity index (χ1v) is 9.03. The topological polar surface area (TPSA) is 43.1 Å². The molecule has 3 aromatic carbocycles. The first kappa shape index (κ1) is 17.2. The molecule has 0 N–H and O–H groups in total. The van der Waals surface area contributed by atoms with Crippen molar-refractivity contribution in [2.45, 2.75) is 26.2 Å². The molecule has 4 aromatic rings. The van der Waals surface area contributed by atoms with E-state index in [0.717, 1.165) is 16.7 Å². The van der Waals surface area contributed by atoms with Gasteiger partial charge in [0.15, 0.2) is 0 Å². The summed E-state index contributed by atoms with van der Waals surface area (Å²) >= 11 is 0. The number of hydrogen-bond acceptors (Lipinski definition) is 3. The molecular formula is C24H21NO2.